The number of H-pyrrole nitrogens is 1. The van der Waals surface area contributed by atoms with E-state index in [1.165, 1.54) is 60.7 Å². The maximum atomic E-state index is 13.5. The molecule has 0 atom stereocenters. The standard InChI is InChI=1S/C23H18FN3O5S2/c1-33(29,30)18-10-4-14(5-11-18)20-21(15-2-8-17(24)9-3-15)23(28)27-26-22(20)16-6-12-19(13-7-16)34(25,31)32/h2-13H,1H3,(H,27,28)(H2,25,31,32). The van der Waals surface area contributed by atoms with Gasteiger partial charge in [-0.25, -0.2) is 31.5 Å². The highest BCUT2D eigenvalue weighted by Gasteiger charge is 2.20. The Labute approximate surface area is 194 Å². The average Bonchev–Trinajstić information content (AvgIpc) is 2.79. The van der Waals surface area contributed by atoms with Crippen molar-refractivity contribution in [2.45, 2.75) is 9.79 Å². The molecule has 8 nitrogen and oxygen atoms in total. The van der Waals surface area contributed by atoms with Crippen molar-refractivity contribution in [1.29, 1.82) is 0 Å². The highest BCUT2D eigenvalue weighted by Crippen LogP contribution is 2.37. The Bertz CT molecular complexity index is 1650. The molecule has 0 amide bonds. The van der Waals surface area contributed by atoms with E-state index in [2.05, 4.69) is 10.2 Å². The molecule has 0 unspecified atom stereocenters. The van der Waals surface area contributed by atoms with Crippen LogP contribution < -0.4 is 10.7 Å². The summed E-state index contributed by atoms with van der Waals surface area (Å²) in [7, 11) is -7.37. The molecule has 0 saturated heterocycles. The number of halogens is 1. The van der Waals surface area contributed by atoms with Gasteiger partial charge in [0.25, 0.3) is 5.56 Å². The molecule has 34 heavy (non-hydrogen) atoms. The first-order valence-corrected chi connectivity index (χ1v) is 13.2. The molecule has 4 rings (SSSR count). The number of aromatic amines is 1. The number of hydrogen-bond acceptors (Lipinski definition) is 6. The number of benzene rings is 3. The number of nitrogens with one attached hydrogen (secondary N) is 1. The monoisotopic (exact) mass is 499 g/mol. The number of nitrogens with two attached hydrogens (primary N) is 1. The summed E-state index contributed by atoms with van der Waals surface area (Å²) in [5.41, 5.74) is 1.66. The van der Waals surface area contributed by atoms with Gasteiger partial charge >= 0.3 is 0 Å². The van der Waals surface area contributed by atoms with Gasteiger partial charge in [0.15, 0.2) is 9.84 Å². The zero-order valence-corrected chi connectivity index (χ0v) is 19.3. The molecule has 0 aliphatic carbocycles. The molecule has 0 aliphatic heterocycles. The highest BCUT2D eigenvalue weighted by atomic mass is 32.2. The number of sulfone groups is 1. The third kappa shape index (κ3) is 4.67. The summed E-state index contributed by atoms with van der Waals surface area (Å²) in [6.07, 6.45) is 1.08. The van der Waals surface area contributed by atoms with Crippen LogP contribution in [0.3, 0.4) is 0 Å². The van der Waals surface area contributed by atoms with Gasteiger partial charge in [-0.15, -0.1) is 0 Å². The lowest BCUT2D eigenvalue weighted by atomic mass is 9.92. The lowest BCUT2D eigenvalue weighted by Gasteiger charge is -2.15. The van der Waals surface area contributed by atoms with Crippen LogP contribution in [0.5, 0.6) is 0 Å². The molecule has 0 spiro atoms. The lowest BCUT2D eigenvalue weighted by Crippen LogP contribution is -2.14. The van der Waals surface area contributed by atoms with Crippen molar-refractivity contribution in [3.63, 3.8) is 0 Å². The van der Waals surface area contributed by atoms with E-state index in [-0.39, 0.29) is 15.4 Å². The average molecular weight is 500 g/mol. The number of nitrogens with zero attached hydrogens (tertiary/aromatic N) is 1. The Hall–Kier alpha value is -3.67. The molecular formula is C23H18FN3O5S2. The van der Waals surface area contributed by atoms with E-state index in [0.717, 1.165) is 6.26 Å². The van der Waals surface area contributed by atoms with Crippen LogP contribution >= 0.6 is 0 Å². The third-order valence-electron chi connectivity index (χ3n) is 5.14. The molecule has 174 valence electrons. The van der Waals surface area contributed by atoms with Gasteiger partial charge in [0.05, 0.1) is 21.0 Å². The quantitative estimate of drug-likeness (QED) is 0.433. The van der Waals surface area contributed by atoms with E-state index >= 15 is 0 Å². The zero-order valence-electron chi connectivity index (χ0n) is 17.7. The van der Waals surface area contributed by atoms with Gasteiger partial charge in [0, 0.05) is 17.4 Å². The zero-order chi connectivity index (χ0) is 24.7. The first-order chi connectivity index (χ1) is 15.9. The summed E-state index contributed by atoms with van der Waals surface area (Å²) in [4.78, 5) is 12.9. The minimum absolute atomic E-state index is 0.0939. The molecule has 3 aromatic carbocycles. The highest BCUT2D eigenvalue weighted by molar-refractivity contribution is 7.90. The summed E-state index contributed by atoms with van der Waals surface area (Å²) in [5, 5.41) is 11.8. The van der Waals surface area contributed by atoms with Gasteiger partial charge in [-0.05, 0) is 47.5 Å². The Morgan fingerprint density at radius 1 is 0.735 bits per heavy atom. The molecule has 0 bridgehead atoms. The second-order valence-corrected chi connectivity index (χ2v) is 11.1. The Morgan fingerprint density at radius 3 is 1.74 bits per heavy atom. The lowest BCUT2D eigenvalue weighted by molar-refractivity contribution is 0.597. The SMILES string of the molecule is CS(=O)(=O)c1ccc(-c2c(-c3ccc(S(N)(=O)=O)cc3)n[nH]c(=O)c2-c2ccc(F)cc2)cc1. The van der Waals surface area contributed by atoms with Crippen LogP contribution in [0.4, 0.5) is 4.39 Å². The van der Waals surface area contributed by atoms with Crippen LogP contribution in [0.15, 0.2) is 87.4 Å². The Kier molecular flexibility index (Phi) is 5.94. The van der Waals surface area contributed by atoms with Crippen LogP contribution in [0.1, 0.15) is 0 Å². The Morgan fingerprint density at radius 2 is 1.21 bits per heavy atom. The molecule has 0 saturated carbocycles. The topological polar surface area (TPSA) is 140 Å². The van der Waals surface area contributed by atoms with Gasteiger partial charge in [-0.3, -0.25) is 4.79 Å². The van der Waals surface area contributed by atoms with Gasteiger partial charge in [-0.2, -0.15) is 5.10 Å². The van der Waals surface area contributed by atoms with Gasteiger partial charge < -0.3 is 0 Å². The van der Waals surface area contributed by atoms with Gasteiger partial charge in [0.1, 0.15) is 5.82 Å². The van der Waals surface area contributed by atoms with E-state index < -0.39 is 31.2 Å². The molecule has 1 heterocycles. The second-order valence-electron chi connectivity index (χ2n) is 7.52. The van der Waals surface area contributed by atoms with Crippen LogP contribution in [0.2, 0.25) is 0 Å². The van der Waals surface area contributed by atoms with Crippen molar-refractivity contribution in [2.24, 2.45) is 5.14 Å². The van der Waals surface area contributed by atoms with Crippen molar-refractivity contribution < 1.29 is 21.2 Å². The van der Waals surface area contributed by atoms with E-state index in [4.69, 9.17) is 5.14 Å². The fourth-order valence-corrected chi connectivity index (χ4v) is 4.65. The predicted octanol–water partition coefficient (Wildman–Crippen LogP) is 2.96. The predicted molar refractivity (Wildman–Crippen MR) is 126 cm³/mol. The number of rotatable bonds is 5. The van der Waals surface area contributed by atoms with Crippen molar-refractivity contribution in [3.05, 3.63) is 89.0 Å². The molecule has 0 radical (unpaired) electrons. The summed E-state index contributed by atoms with van der Waals surface area (Å²) < 4.78 is 60.6. The van der Waals surface area contributed by atoms with Crippen molar-refractivity contribution in [2.75, 3.05) is 6.26 Å². The molecule has 0 fully saturated rings. The molecule has 11 heteroatoms. The Balaban J connectivity index is 2.02. The summed E-state index contributed by atoms with van der Waals surface area (Å²) in [6, 6.07) is 16.8. The fraction of sp³-hybridized carbons (Fsp3) is 0.0435. The second kappa shape index (κ2) is 8.60. The van der Waals surface area contributed by atoms with E-state index in [0.29, 0.717) is 27.9 Å². The van der Waals surface area contributed by atoms with Crippen molar-refractivity contribution >= 4 is 19.9 Å². The largest absolute Gasteiger partial charge is 0.272 e. The maximum Gasteiger partial charge on any atom is 0.272 e. The summed E-state index contributed by atoms with van der Waals surface area (Å²) >= 11 is 0. The molecule has 0 aliphatic rings. The van der Waals surface area contributed by atoms with E-state index in [9.17, 15) is 26.0 Å². The molecule has 3 N–H and O–H groups in total. The van der Waals surface area contributed by atoms with Gasteiger partial charge in [0.2, 0.25) is 10.0 Å². The van der Waals surface area contributed by atoms with Crippen LogP contribution in [-0.4, -0.2) is 33.3 Å². The third-order valence-corrected chi connectivity index (χ3v) is 7.20. The molecule has 4 aromatic rings. The number of hydrogen-bond donors (Lipinski definition) is 2. The first-order valence-electron chi connectivity index (χ1n) is 9.77. The number of primary sulfonamides is 1. The fourth-order valence-electron chi connectivity index (χ4n) is 3.50. The normalized spacial score (nSPS) is 12.0. The van der Waals surface area contributed by atoms with Crippen molar-refractivity contribution in [1.82, 2.24) is 10.2 Å². The van der Waals surface area contributed by atoms with Crippen LogP contribution in [0, 0.1) is 5.82 Å². The number of aromatic nitrogens is 2. The minimum Gasteiger partial charge on any atom is -0.267 e. The minimum atomic E-state index is -3.92. The molecular weight excluding hydrogens is 481 g/mol. The van der Waals surface area contributed by atoms with E-state index in [1.54, 1.807) is 12.1 Å². The van der Waals surface area contributed by atoms with Crippen molar-refractivity contribution in [3.8, 4) is 33.5 Å². The smallest absolute Gasteiger partial charge is 0.267 e. The number of sulfonamides is 1. The summed E-state index contributed by atoms with van der Waals surface area (Å²) in [6.45, 7) is 0. The molecule has 1 aromatic heterocycles. The van der Waals surface area contributed by atoms with Crippen LogP contribution in [0.25, 0.3) is 33.5 Å². The van der Waals surface area contributed by atoms with Gasteiger partial charge in [-0.1, -0.05) is 36.4 Å². The van der Waals surface area contributed by atoms with Crippen LogP contribution in [-0.2, 0) is 19.9 Å². The summed E-state index contributed by atoms with van der Waals surface area (Å²) in [5.74, 6) is -0.480. The maximum absolute atomic E-state index is 13.5. The van der Waals surface area contributed by atoms with E-state index in [1.807, 2.05) is 0 Å². The first kappa shape index (κ1) is 23.5.